The van der Waals surface area contributed by atoms with E-state index in [9.17, 15) is 19.8 Å². The molecule has 2 aliphatic rings. The van der Waals surface area contributed by atoms with Crippen LogP contribution in [0.25, 0.3) is 10.9 Å². The molecule has 8 nitrogen and oxygen atoms in total. The summed E-state index contributed by atoms with van der Waals surface area (Å²) in [5, 5.41) is 25.1. The summed E-state index contributed by atoms with van der Waals surface area (Å²) < 4.78 is 0. The van der Waals surface area contributed by atoms with Gasteiger partial charge in [0.05, 0.1) is 18.6 Å². The molecule has 4 aromatic rings. The van der Waals surface area contributed by atoms with Crippen LogP contribution in [0.1, 0.15) is 32.7 Å². The third kappa shape index (κ3) is 3.82. The molecule has 0 saturated carbocycles. The Kier molecular flexibility index (Phi) is 5.43. The highest BCUT2D eigenvalue weighted by Gasteiger charge is 2.54. The molecule has 0 bridgehead atoms. The van der Waals surface area contributed by atoms with Crippen molar-refractivity contribution < 1.29 is 19.8 Å². The Balaban J connectivity index is 1.37. The lowest BCUT2D eigenvalue weighted by molar-refractivity contribution is -0.137. The van der Waals surface area contributed by atoms with Gasteiger partial charge in [-0.15, -0.1) is 0 Å². The number of nitrogens with one attached hydrogen (secondary N) is 1. The van der Waals surface area contributed by atoms with Crippen LogP contribution in [0.4, 0.5) is 0 Å². The van der Waals surface area contributed by atoms with Crippen LogP contribution in [0, 0.1) is 6.92 Å². The van der Waals surface area contributed by atoms with Crippen molar-refractivity contribution in [1.82, 2.24) is 20.1 Å². The number of phenolic OH excluding ortho intramolecular Hbond substituents is 1. The molecule has 2 atom stereocenters. The molecule has 3 aromatic carbocycles. The van der Waals surface area contributed by atoms with Gasteiger partial charge in [0.15, 0.2) is 6.35 Å². The van der Waals surface area contributed by atoms with Gasteiger partial charge in [0.2, 0.25) is 0 Å². The average Bonchev–Trinajstić information content (AvgIpc) is 3.32. The Bertz CT molecular complexity index is 1540. The summed E-state index contributed by atoms with van der Waals surface area (Å²) >= 11 is 0. The van der Waals surface area contributed by atoms with Gasteiger partial charge in [0.25, 0.3) is 11.8 Å². The summed E-state index contributed by atoms with van der Waals surface area (Å²) in [5.41, 5.74) is 3.03. The van der Waals surface area contributed by atoms with Crippen LogP contribution < -0.4 is 5.32 Å². The van der Waals surface area contributed by atoms with Crippen molar-refractivity contribution in [1.29, 1.82) is 0 Å². The molecule has 6 rings (SSSR count). The molecule has 186 valence electrons. The minimum atomic E-state index is -1.35. The number of carbonyl (C=O) groups excluding carboxylic acids is 2. The van der Waals surface area contributed by atoms with E-state index in [2.05, 4.69) is 10.3 Å². The van der Waals surface area contributed by atoms with Gasteiger partial charge >= 0.3 is 0 Å². The maximum atomic E-state index is 14.2. The first-order valence-electron chi connectivity index (χ1n) is 12.1. The number of amides is 2. The van der Waals surface area contributed by atoms with Crippen molar-refractivity contribution in [2.24, 2.45) is 0 Å². The SMILES string of the molecule is Cc1cc(CN2C(=O)C(CN3Cc4cc(O)ccc4C3=O)(c3ccccc3)NC2O)c2ccccc2n1. The van der Waals surface area contributed by atoms with Crippen molar-refractivity contribution >= 4 is 22.7 Å². The fourth-order valence-electron chi connectivity index (χ4n) is 5.50. The monoisotopic (exact) mass is 494 g/mol. The first-order chi connectivity index (χ1) is 17.9. The normalized spacial score (nSPS) is 21.2. The first-order valence-corrected chi connectivity index (χ1v) is 12.1. The zero-order chi connectivity index (χ0) is 25.7. The van der Waals surface area contributed by atoms with Crippen molar-refractivity contribution in [3.05, 3.63) is 107 Å². The standard InChI is InChI=1S/C29H26N4O4/c1-18-13-19(23-9-5-6-10-25(23)30-18)16-33-27(36)29(31-28(33)37,21-7-3-2-4-8-21)17-32-15-20-14-22(34)11-12-24(20)26(32)35/h2-14,28,31,34,37H,15-17H2,1H3. The van der Waals surface area contributed by atoms with E-state index in [4.69, 9.17) is 0 Å². The lowest BCUT2D eigenvalue weighted by Gasteiger charge is -2.32. The van der Waals surface area contributed by atoms with E-state index in [1.807, 2.05) is 67.6 Å². The molecule has 2 aliphatic heterocycles. The second-order valence-electron chi connectivity index (χ2n) is 9.66. The smallest absolute Gasteiger partial charge is 0.254 e. The number of rotatable bonds is 5. The molecule has 8 heteroatoms. The van der Waals surface area contributed by atoms with Gasteiger partial charge in [-0.3, -0.25) is 24.8 Å². The van der Waals surface area contributed by atoms with Crippen LogP contribution in [0.2, 0.25) is 0 Å². The summed E-state index contributed by atoms with van der Waals surface area (Å²) in [7, 11) is 0. The number of aromatic nitrogens is 1. The number of carbonyl (C=O) groups is 2. The third-order valence-corrected chi connectivity index (χ3v) is 7.23. The highest BCUT2D eigenvalue weighted by atomic mass is 16.3. The molecule has 37 heavy (non-hydrogen) atoms. The van der Waals surface area contributed by atoms with E-state index in [1.165, 1.54) is 11.0 Å². The molecule has 0 aliphatic carbocycles. The van der Waals surface area contributed by atoms with Gasteiger partial charge in [0, 0.05) is 23.2 Å². The molecule has 1 aromatic heterocycles. The molecule has 1 saturated heterocycles. The Morgan fingerprint density at radius 3 is 2.59 bits per heavy atom. The number of aromatic hydroxyl groups is 1. The van der Waals surface area contributed by atoms with Crippen molar-refractivity contribution in [2.45, 2.75) is 31.9 Å². The predicted octanol–water partition coefficient (Wildman–Crippen LogP) is 3.01. The maximum absolute atomic E-state index is 14.2. The van der Waals surface area contributed by atoms with Crippen LogP contribution >= 0.6 is 0 Å². The summed E-state index contributed by atoms with van der Waals surface area (Å²) in [6.45, 7) is 2.36. The second kappa shape index (κ2) is 8.69. The topological polar surface area (TPSA) is 106 Å². The summed E-state index contributed by atoms with van der Waals surface area (Å²) in [5.74, 6) is -0.456. The second-order valence-corrected chi connectivity index (χ2v) is 9.66. The average molecular weight is 495 g/mol. The van der Waals surface area contributed by atoms with E-state index in [1.54, 1.807) is 17.0 Å². The molecule has 0 spiro atoms. The maximum Gasteiger partial charge on any atom is 0.254 e. The number of nitrogens with zero attached hydrogens (tertiary/aromatic N) is 3. The van der Waals surface area contributed by atoms with Crippen LogP contribution in [0.5, 0.6) is 5.75 Å². The van der Waals surface area contributed by atoms with E-state index in [0.717, 1.165) is 22.2 Å². The van der Waals surface area contributed by atoms with Gasteiger partial charge < -0.3 is 15.1 Å². The number of fused-ring (bicyclic) bond motifs is 2. The molecular formula is C29H26N4O4. The zero-order valence-corrected chi connectivity index (χ0v) is 20.3. The van der Waals surface area contributed by atoms with E-state index in [-0.39, 0.29) is 37.2 Å². The highest BCUT2D eigenvalue weighted by molar-refractivity contribution is 5.99. The number of para-hydroxylation sites is 1. The zero-order valence-electron chi connectivity index (χ0n) is 20.3. The molecule has 1 fully saturated rings. The van der Waals surface area contributed by atoms with Crippen LogP contribution in [0.3, 0.4) is 0 Å². The third-order valence-electron chi connectivity index (χ3n) is 7.23. The molecule has 2 amide bonds. The Labute approximate surface area is 213 Å². The number of aliphatic hydroxyl groups is 1. The van der Waals surface area contributed by atoms with E-state index >= 15 is 0 Å². The Morgan fingerprint density at radius 2 is 1.78 bits per heavy atom. The van der Waals surface area contributed by atoms with Crippen LogP contribution in [-0.4, -0.2) is 49.7 Å². The number of hydrogen-bond acceptors (Lipinski definition) is 6. The highest BCUT2D eigenvalue weighted by Crippen LogP contribution is 2.36. The van der Waals surface area contributed by atoms with Gasteiger partial charge in [-0.05, 0) is 53.9 Å². The number of phenols is 1. The molecular weight excluding hydrogens is 468 g/mol. The predicted molar refractivity (Wildman–Crippen MR) is 137 cm³/mol. The van der Waals surface area contributed by atoms with Gasteiger partial charge in [-0.25, -0.2) is 0 Å². The van der Waals surface area contributed by atoms with E-state index in [0.29, 0.717) is 16.7 Å². The van der Waals surface area contributed by atoms with Crippen molar-refractivity contribution in [3.8, 4) is 5.75 Å². The minimum absolute atomic E-state index is 0.0216. The number of hydrogen-bond donors (Lipinski definition) is 3. The summed E-state index contributed by atoms with van der Waals surface area (Å²) in [4.78, 5) is 35.0. The fraction of sp³-hybridized carbons (Fsp3) is 0.207. The van der Waals surface area contributed by atoms with Crippen molar-refractivity contribution in [3.63, 3.8) is 0 Å². The van der Waals surface area contributed by atoms with Crippen LogP contribution in [0.15, 0.2) is 78.9 Å². The number of aliphatic hydroxyl groups excluding tert-OH is 1. The summed E-state index contributed by atoms with van der Waals surface area (Å²) in [6, 6.07) is 23.5. The van der Waals surface area contributed by atoms with Gasteiger partial charge in [0.1, 0.15) is 11.3 Å². The minimum Gasteiger partial charge on any atom is -0.508 e. The Hall–Kier alpha value is -4.27. The molecule has 3 heterocycles. The number of benzene rings is 3. The van der Waals surface area contributed by atoms with Crippen LogP contribution in [-0.2, 0) is 23.4 Å². The Morgan fingerprint density at radius 1 is 1.03 bits per heavy atom. The molecule has 2 unspecified atom stereocenters. The molecule has 3 N–H and O–H groups in total. The largest absolute Gasteiger partial charge is 0.508 e. The summed E-state index contributed by atoms with van der Waals surface area (Å²) in [6.07, 6.45) is -1.26. The van der Waals surface area contributed by atoms with Gasteiger partial charge in [-0.2, -0.15) is 0 Å². The van der Waals surface area contributed by atoms with E-state index < -0.39 is 11.9 Å². The van der Waals surface area contributed by atoms with Gasteiger partial charge in [-0.1, -0.05) is 48.5 Å². The van der Waals surface area contributed by atoms with Crippen molar-refractivity contribution in [2.75, 3.05) is 6.54 Å². The number of aryl methyl sites for hydroxylation is 1. The quantitative estimate of drug-likeness (QED) is 0.394. The first kappa shape index (κ1) is 23.1. The lowest BCUT2D eigenvalue weighted by atomic mass is 9.89. The fourth-order valence-corrected chi connectivity index (χ4v) is 5.50. The number of pyridine rings is 1. The molecule has 0 radical (unpaired) electrons. The lowest BCUT2D eigenvalue weighted by Crippen LogP contribution is -2.53.